The Bertz CT molecular complexity index is 631. The molecule has 0 fully saturated rings. The van der Waals surface area contributed by atoms with Crippen LogP contribution in [0.5, 0.6) is 0 Å². The molecule has 0 aromatic carbocycles. The van der Waals surface area contributed by atoms with Crippen LogP contribution in [0.15, 0.2) is 10.9 Å². The molecule has 0 aliphatic carbocycles. The Labute approximate surface area is 91.3 Å². The van der Waals surface area contributed by atoms with Gasteiger partial charge in [-0.1, -0.05) is 13.3 Å². The molecule has 0 unspecified atom stereocenters. The molecule has 0 radical (unpaired) electrons. The van der Waals surface area contributed by atoms with Crippen LogP contribution in [0.1, 0.15) is 24.6 Å². The summed E-state index contributed by atoms with van der Waals surface area (Å²) in [5.74, 6) is 0.167. The average Bonchev–Trinajstić information content (AvgIpc) is 2.55. The van der Waals surface area contributed by atoms with Crippen LogP contribution in [0.4, 0.5) is 5.82 Å². The average molecular weight is 217 g/mol. The molecule has 2 aromatic rings. The molecule has 0 saturated carbocycles. The van der Waals surface area contributed by atoms with E-state index < -0.39 is 0 Å². The van der Waals surface area contributed by atoms with Gasteiger partial charge in [-0.25, -0.2) is 4.98 Å². The predicted octanol–water partition coefficient (Wildman–Crippen LogP) is 0.429. The Morgan fingerprint density at radius 1 is 1.69 bits per heavy atom. The van der Waals surface area contributed by atoms with Gasteiger partial charge in [-0.05, 0) is 6.42 Å². The molecule has 2 aromatic heterocycles. The minimum Gasteiger partial charge on any atom is -0.383 e. The lowest BCUT2D eigenvalue weighted by Crippen LogP contribution is -2.15. The maximum absolute atomic E-state index is 11.7. The lowest BCUT2D eigenvalue weighted by atomic mass is 10.2. The van der Waals surface area contributed by atoms with Crippen molar-refractivity contribution in [2.75, 3.05) is 5.73 Å². The van der Waals surface area contributed by atoms with E-state index in [0.29, 0.717) is 17.8 Å². The first-order valence-corrected chi connectivity index (χ1v) is 4.97. The number of nitrogens with two attached hydrogens (primary N) is 1. The number of rotatable bonds is 2. The summed E-state index contributed by atoms with van der Waals surface area (Å²) in [4.78, 5) is 15.9. The predicted molar refractivity (Wildman–Crippen MR) is 58.9 cm³/mol. The summed E-state index contributed by atoms with van der Waals surface area (Å²) in [5, 5.41) is 11.5. The van der Waals surface area contributed by atoms with E-state index in [1.165, 1.54) is 10.6 Å². The van der Waals surface area contributed by atoms with Gasteiger partial charge in [-0.2, -0.15) is 9.78 Å². The van der Waals surface area contributed by atoms with Gasteiger partial charge in [0.25, 0.3) is 5.56 Å². The van der Waals surface area contributed by atoms with Gasteiger partial charge in [0.2, 0.25) is 0 Å². The highest BCUT2D eigenvalue weighted by molar-refractivity contribution is 5.65. The number of nitriles is 1. The second-order valence-corrected chi connectivity index (χ2v) is 3.51. The molecule has 0 aliphatic rings. The van der Waals surface area contributed by atoms with Crippen molar-refractivity contribution in [1.29, 1.82) is 5.26 Å². The lowest BCUT2D eigenvalue weighted by molar-refractivity contribution is 0.841. The zero-order valence-electron chi connectivity index (χ0n) is 8.82. The summed E-state index contributed by atoms with van der Waals surface area (Å²) in [5.41, 5.74) is 6.53. The number of hydrogen-bond acceptors (Lipinski definition) is 4. The molecule has 2 heterocycles. The van der Waals surface area contributed by atoms with Crippen LogP contribution < -0.4 is 11.3 Å². The molecular formula is C10H11N5O. The van der Waals surface area contributed by atoms with Crippen molar-refractivity contribution in [2.24, 2.45) is 0 Å². The number of nitrogen functional groups attached to an aromatic ring is 1. The number of H-pyrrole nitrogens is 1. The molecule has 0 atom stereocenters. The summed E-state index contributed by atoms with van der Waals surface area (Å²) in [7, 11) is 0. The Morgan fingerprint density at radius 3 is 3.06 bits per heavy atom. The van der Waals surface area contributed by atoms with Crippen molar-refractivity contribution in [3.8, 4) is 6.07 Å². The quantitative estimate of drug-likeness (QED) is 0.761. The van der Waals surface area contributed by atoms with Crippen LogP contribution in [0.3, 0.4) is 0 Å². The number of aryl methyl sites for hydroxylation is 1. The number of aromatic amines is 1. The fraction of sp³-hybridized carbons (Fsp3) is 0.300. The Hall–Kier alpha value is -2.29. The third kappa shape index (κ3) is 1.42. The third-order valence-electron chi connectivity index (χ3n) is 2.31. The molecule has 0 bridgehead atoms. The second-order valence-electron chi connectivity index (χ2n) is 3.51. The fourth-order valence-corrected chi connectivity index (χ4v) is 1.60. The van der Waals surface area contributed by atoms with Crippen molar-refractivity contribution in [2.45, 2.75) is 19.8 Å². The Morgan fingerprint density at radius 2 is 2.44 bits per heavy atom. The van der Waals surface area contributed by atoms with Gasteiger partial charge in [-0.15, -0.1) is 0 Å². The first-order chi connectivity index (χ1) is 7.67. The topological polar surface area (TPSA) is 100.0 Å². The molecule has 0 aliphatic heterocycles. The minimum absolute atomic E-state index is 0.167. The first kappa shape index (κ1) is 10.2. The van der Waals surface area contributed by atoms with E-state index in [-0.39, 0.29) is 16.9 Å². The normalized spacial score (nSPS) is 10.5. The maximum Gasteiger partial charge on any atom is 0.272 e. The molecular weight excluding hydrogens is 206 g/mol. The maximum atomic E-state index is 11.7. The monoisotopic (exact) mass is 217 g/mol. The van der Waals surface area contributed by atoms with Gasteiger partial charge >= 0.3 is 0 Å². The smallest absolute Gasteiger partial charge is 0.272 e. The largest absolute Gasteiger partial charge is 0.383 e. The molecule has 0 amide bonds. The summed E-state index contributed by atoms with van der Waals surface area (Å²) < 4.78 is 1.19. The van der Waals surface area contributed by atoms with E-state index in [4.69, 9.17) is 11.0 Å². The van der Waals surface area contributed by atoms with Crippen molar-refractivity contribution in [3.05, 3.63) is 27.7 Å². The number of fused-ring (bicyclic) bond motifs is 1. The van der Waals surface area contributed by atoms with E-state index in [9.17, 15) is 4.79 Å². The molecule has 2 rings (SSSR count). The number of nitrogens with zero attached hydrogens (tertiary/aromatic N) is 3. The van der Waals surface area contributed by atoms with Gasteiger partial charge in [0.05, 0.1) is 0 Å². The van der Waals surface area contributed by atoms with Gasteiger partial charge in [0.15, 0.2) is 5.65 Å². The van der Waals surface area contributed by atoms with Gasteiger partial charge < -0.3 is 5.73 Å². The third-order valence-corrected chi connectivity index (χ3v) is 2.31. The van der Waals surface area contributed by atoms with Crippen molar-refractivity contribution >= 4 is 11.5 Å². The molecule has 6 heteroatoms. The van der Waals surface area contributed by atoms with Crippen molar-refractivity contribution in [1.82, 2.24) is 14.6 Å². The second kappa shape index (κ2) is 3.70. The van der Waals surface area contributed by atoms with E-state index in [1.54, 1.807) is 0 Å². The summed E-state index contributed by atoms with van der Waals surface area (Å²) in [6.07, 6.45) is 1.60. The van der Waals surface area contributed by atoms with Crippen LogP contribution in [0, 0.1) is 11.3 Å². The highest BCUT2D eigenvalue weighted by Crippen LogP contribution is 2.13. The summed E-state index contributed by atoms with van der Waals surface area (Å²) in [6.45, 7) is 2.00. The van der Waals surface area contributed by atoms with Crippen molar-refractivity contribution in [3.63, 3.8) is 0 Å². The number of nitrogens with one attached hydrogen (secondary N) is 1. The number of anilines is 1. The minimum atomic E-state index is -0.248. The highest BCUT2D eigenvalue weighted by atomic mass is 16.1. The number of hydrogen-bond donors (Lipinski definition) is 2. The Balaban J connectivity index is 2.79. The summed E-state index contributed by atoms with van der Waals surface area (Å²) in [6, 6.07) is 3.39. The SMILES string of the molecule is CCCc1cc(=O)n2[nH]c(N)c(C#N)c2n1. The fourth-order valence-electron chi connectivity index (χ4n) is 1.60. The Kier molecular flexibility index (Phi) is 2.37. The van der Waals surface area contributed by atoms with E-state index in [2.05, 4.69) is 10.1 Å². The molecule has 6 nitrogen and oxygen atoms in total. The molecule has 0 saturated heterocycles. The van der Waals surface area contributed by atoms with Crippen LogP contribution in [0.2, 0.25) is 0 Å². The molecule has 16 heavy (non-hydrogen) atoms. The lowest BCUT2D eigenvalue weighted by Gasteiger charge is -1.97. The highest BCUT2D eigenvalue weighted by Gasteiger charge is 2.12. The number of aromatic nitrogens is 3. The molecule has 3 N–H and O–H groups in total. The zero-order valence-corrected chi connectivity index (χ0v) is 8.82. The van der Waals surface area contributed by atoms with E-state index in [0.717, 1.165) is 6.42 Å². The van der Waals surface area contributed by atoms with Gasteiger partial charge in [0, 0.05) is 11.8 Å². The zero-order chi connectivity index (χ0) is 11.7. The standard InChI is InChI=1S/C10H11N5O/c1-2-3-6-4-8(16)15-10(13-6)7(5-11)9(12)14-15/h4,14H,2-3,12H2,1H3. The van der Waals surface area contributed by atoms with Crippen molar-refractivity contribution < 1.29 is 0 Å². The first-order valence-electron chi connectivity index (χ1n) is 4.97. The molecule has 82 valence electrons. The van der Waals surface area contributed by atoms with E-state index in [1.807, 2.05) is 13.0 Å². The molecule has 0 spiro atoms. The van der Waals surface area contributed by atoms with E-state index >= 15 is 0 Å². The van der Waals surface area contributed by atoms with Gasteiger partial charge in [0.1, 0.15) is 17.5 Å². The van der Waals surface area contributed by atoms with Crippen LogP contribution >= 0.6 is 0 Å². The van der Waals surface area contributed by atoms with Crippen LogP contribution in [-0.2, 0) is 6.42 Å². The van der Waals surface area contributed by atoms with Crippen LogP contribution in [0.25, 0.3) is 5.65 Å². The van der Waals surface area contributed by atoms with Crippen LogP contribution in [-0.4, -0.2) is 14.6 Å². The van der Waals surface area contributed by atoms with Gasteiger partial charge in [-0.3, -0.25) is 9.89 Å². The summed E-state index contributed by atoms with van der Waals surface area (Å²) >= 11 is 0.